The maximum Gasteiger partial charge on any atom is 0.308 e. The van der Waals surface area contributed by atoms with E-state index in [1.807, 2.05) is 20.8 Å². The minimum atomic E-state index is -1.12. The molecule has 0 amide bonds. The maximum atomic E-state index is 11.8. The largest absolute Gasteiger partial charge is 0.481 e. The highest BCUT2D eigenvalue weighted by Gasteiger charge is 2.62. The topological polar surface area (TPSA) is 133 Å². The number of hydrogen-bond acceptors (Lipinski definition) is 9. The molecular weight excluding hydrogens is 604 g/mol. The number of methoxy groups -OCH3 is 1. The third kappa shape index (κ3) is 6.68. The highest BCUT2D eigenvalue weighted by atomic mass is 16.7. The van der Waals surface area contributed by atoms with Crippen LogP contribution in [0.2, 0.25) is 0 Å². The van der Waals surface area contributed by atoms with Crippen LogP contribution in [0, 0.1) is 35.5 Å². The molecule has 5 aliphatic rings. The first-order valence-electron chi connectivity index (χ1n) is 18.5. The smallest absolute Gasteiger partial charge is 0.308 e. The molecule has 1 spiro atoms. The van der Waals surface area contributed by atoms with Gasteiger partial charge in [-0.1, -0.05) is 48.5 Å². The van der Waals surface area contributed by atoms with Crippen LogP contribution in [0.5, 0.6) is 0 Å². The van der Waals surface area contributed by atoms with E-state index >= 15 is 0 Å². The molecule has 3 unspecified atom stereocenters. The summed E-state index contributed by atoms with van der Waals surface area (Å²) in [7, 11) is 1.53. The van der Waals surface area contributed by atoms with Gasteiger partial charge in [0.05, 0.1) is 59.8 Å². The molecule has 272 valence electrons. The van der Waals surface area contributed by atoms with E-state index in [4.69, 9.17) is 28.4 Å². The van der Waals surface area contributed by atoms with Crippen LogP contribution in [0.15, 0.2) is 0 Å². The molecule has 47 heavy (non-hydrogen) atoms. The molecule has 0 aromatic heterocycles. The third-order valence-electron chi connectivity index (χ3n) is 13.3. The number of carbonyl (C=O) groups is 1. The summed E-state index contributed by atoms with van der Waals surface area (Å²) in [6.07, 6.45) is 4.38. The summed E-state index contributed by atoms with van der Waals surface area (Å²) in [5.74, 6) is -3.59. The Morgan fingerprint density at radius 2 is 1.68 bits per heavy atom. The minimum absolute atomic E-state index is 0.0791. The number of carboxylic acid groups (broad SMARTS) is 1. The lowest BCUT2D eigenvalue weighted by Crippen LogP contribution is -2.57. The second-order valence-corrected chi connectivity index (χ2v) is 16.5. The SMILES string of the molecule is CC[C@@]1(C2O[C@@H]([C@@H]3O[C@@](O)(CC)[C@H](C)C[C@@H]3C)C[C@@H]2C)CC[C@H]([C@]2(C)CCC3(C[C@H](O)[C@@H](C)[C@@H](C(C)[C@@H](OC)[C@H](C)C(=O)O)O3)O2)O1. The first-order chi connectivity index (χ1) is 22.0. The Kier molecular flexibility index (Phi) is 10.9. The van der Waals surface area contributed by atoms with E-state index in [0.717, 1.165) is 38.5 Å². The zero-order valence-corrected chi connectivity index (χ0v) is 30.6. The fourth-order valence-electron chi connectivity index (χ4n) is 10.2. The second kappa shape index (κ2) is 13.7. The molecule has 5 saturated heterocycles. The van der Waals surface area contributed by atoms with Crippen molar-refractivity contribution in [3.8, 4) is 0 Å². The summed E-state index contributed by atoms with van der Waals surface area (Å²) in [6, 6.07) is 0. The van der Waals surface area contributed by atoms with E-state index in [-0.39, 0.29) is 54.0 Å². The molecule has 5 aliphatic heterocycles. The van der Waals surface area contributed by atoms with E-state index in [1.165, 1.54) is 7.11 Å². The molecule has 0 aromatic rings. The number of rotatable bonds is 10. The van der Waals surface area contributed by atoms with Gasteiger partial charge in [-0.25, -0.2) is 0 Å². The van der Waals surface area contributed by atoms with Crippen molar-refractivity contribution < 1.29 is 48.5 Å². The maximum absolute atomic E-state index is 11.8. The van der Waals surface area contributed by atoms with Crippen molar-refractivity contribution in [2.24, 2.45) is 35.5 Å². The Bertz CT molecular complexity index is 1110. The zero-order valence-electron chi connectivity index (χ0n) is 30.6. The molecule has 5 fully saturated rings. The minimum Gasteiger partial charge on any atom is -0.481 e. The summed E-state index contributed by atoms with van der Waals surface area (Å²) in [5.41, 5.74) is -1.07. The third-order valence-corrected chi connectivity index (χ3v) is 13.3. The molecule has 10 nitrogen and oxygen atoms in total. The standard InChI is InChI=1S/C37H64O10/c1-11-35(32-21(4)18-27(43-32)29-20(3)17-22(5)37(41,12-2)46-29)14-13-28(44-35)34(9)15-16-36(47-34)19-26(38)23(6)31(45-36)24(7)30(42-10)25(8)33(39)40/h20-32,38,41H,11-19H2,1-10H3,(H,39,40)/t20-,21-,22+,23+,24?,25-,26-,27+,28+,29+,30+,31-,32?,34-,35-,36?,37-/m0/s1. The van der Waals surface area contributed by atoms with Gasteiger partial charge < -0.3 is 43.7 Å². The van der Waals surface area contributed by atoms with Crippen molar-refractivity contribution in [1.82, 2.24) is 0 Å². The Labute approximate surface area is 282 Å². The lowest BCUT2D eigenvalue weighted by atomic mass is 9.78. The van der Waals surface area contributed by atoms with Crippen molar-refractivity contribution in [3.05, 3.63) is 0 Å². The normalized spacial score (nSPS) is 50.9. The van der Waals surface area contributed by atoms with Crippen molar-refractivity contribution in [2.75, 3.05) is 7.11 Å². The Morgan fingerprint density at radius 1 is 0.979 bits per heavy atom. The van der Waals surface area contributed by atoms with Crippen molar-refractivity contribution in [2.45, 2.75) is 186 Å². The molecule has 10 heteroatoms. The van der Waals surface area contributed by atoms with Crippen LogP contribution in [0.25, 0.3) is 0 Å². The Morgan fingerprint density at radius 3 is 2.30 bits per heavy atom. The molecule has 0 bridgehead atoms. The lowest BCUT2D eigenvalue weighted by Gasteiger charge is -2.49. The lowest BCUT2D eigenvalue weighted by molar-refractivity contribution is -0.336. The van der Waals surface area contributed by atoms with Crippen LogP contribution < -0.4 is 0 Å². The average molecular weight is 669 g/mol. The Hall–Kier alpha value is -0.850. The van der Waals surface area contributed by atoms with Crippen LogP contribution >= 0.6 is 0 Å². The highest BCUT2D eigenvalue weighted by Crippen LogP contribution is 2.55. The number of carboxylic acids is 1. The molecule has 0 aromatic carbocycles. The van der Waals surface area contributed by atoms with E-state index in [1.54, 1.807) is 6.92 Å². The monoisotopic (exact) mass is 668 g/mol. The van der Waals surface area contributed by atoms with Gasteiger partial charge in [0.1, 0.15) is 0 Å². The van der Waals surface area contributed by atoms with Gasteiger partial charge in [-0.2, -0.15) is 0 Å². The van der Waals surface area contributed by atoms with Crippen LogP contribution in [0.4, 0.5) is 0 Å². The number of aliphatic hydroxyl groups is 2. The molecule has 0 aliphatic carbocycles. The first-order valence-corrected chi connectivity index (χ1v) is 18.5. The van der Waals surface area contributed by atoms with E-state index in [0.29, 0.717) is 19.3 Å². The quantitative estimate of drug-likeness (QED) is 0.267. The van der Waals surface area contributed by atoms with E-state index in [9.17, 15) is 20.1 Å². The van der Waals surface area contributed by atoms with Crippen LogP contribution in [0.3, 0.4) is 0 Å². The molecule has 17 atom stereocenters. The highest BCUT2D eigenvalue weighted by molar-refractivity contribution is 5.70. The molecular formula is C37H64O10. The average Bonchev–Trinajstić information content (AvgIpc) is 3.73. The van der Waals surface area contributed by atoms with Gasteiger partial charge in [0.25, 0.3) is 0 Å². The van der Waals surface area contributed by atoms with Gasteiger partial charge in [0.2, 0.25) is 0 Å². The van der Waals surface area contributed by atoms with Crippen LogP contribution in [0.1, 0.15) is 120 Å². The zero-order chi connectivity index (χ0) is 34.7. The number of hydrogen-bond donors (Lipinski definition) is 3. The van der Waals surface area contributed by atoms with E-state index < -0.39 is 53.0 Å². The summed E-state index contributed by atoms with van der Waals surface area (Å²) < 4.78 is 39.8. The van der Waals surface area contributed by atoms with Crippen LogP contribution in [-0.2, 0) is 33.2 Å². The van der Waals surface area contributed by atoms with Crippen molar-refractivity contribution in [1.29, 1.82) is 0 Å². The summed E-state index contributed by atoms with van der Waals surface area (Å²) in [6.45, 7) is 18.4. The fraction of sp³-hybridized carbons (Fsp3) is 0.973. The molecule has 5 rings (SSSR count). The number of ether oxygens (including phenoxy) is 6. The Balaban J connectivity index is 1.29. The molecule has 5 heterocycles. The molecule has 0 saturated carbocycles. The number of aliphatic carboxylic acids is 1. The summed E-state index contributed by atoms with van der Waals surface area (Å²) in [5, 5.41) is 32.2. The van der Waals surface area contributed by atoms with Crippen LogP contribution in [-0.4, -0.2) is 93.9 Å². The predicted molar refractivity (Wildman–Crippen MR) is 176 cm³/mol. The van der Waals surface area contributed by atoms with Gasteiger partial charge in [0.15, 0.2) is 11.6 Å². The number of aliphatic hydroxyl groups excluding tert-OH is 1. The summed E-state index contributed by atoms with van der Waals surface area (Å²) in [4.78, 5) is 11.8. The van der Waals surface area contributed by atoms with Gasteiger partial charge in [-0.3, -0.25) is 4.79 Å². The van der Waals surface area contributed by atoms with Gasteiger partial charge in [-0.05, 0) is 70.6 Å². The van der Waals surface area contributed by atoms with Gasteiger partial charge >= 0.3 is 5.97 Å². The van der Waals surface area contributed by atoms with Crippen molar-refractivity contribution >= 4 is 5.97 Å². The molecule has 3 N–H and O–H groups in total. The molecule has 0 radical (unpaired) electrons. The predicted octanol–water partition coefficient (Wildman–Crippen LogP) is 5.69. The van der Waals surface area contributed by atoms with Gasteiger partial charge in [-0.15, -0.1) is 0 Å². The summed E-state index contributed by atoms with van der Waals surface area (Å²) >= 11 is 0. The van der Waals surface area contributed by atoms with Gasteiger partial charge in [0, 0.05) is 37.7 Å². The second-order valence-electron chi connectivity index (χ2n) is 16.5. The van der Waals surface area contributed by atoms with E-state index in [2.05, 4.69) is 34.6 Å². The van der Waals surface area contributed by atoms with Crippen molar-refractivity contribution in [3.63, 3.8) is 0 Å². The fourth-order valence-corrected chi connectivity index (χ4v) is 10.2. The first kappa shape index (κ1) is 37.4.